The molecular formula is C23H37NO3. The van der Waals surface area contributed by atoms with Crippen LogP contribution in [0.2, 0.25) is 0 Å². The van der Waals surface area contributed by atoms with Crippen LogP contribution < -0.4 is 10.1 Å². The summed E-state index contributed by atoms with van der Waals surface area (Å²) in [5.41, 5.74) is 1.00. The molecule has 0 amide bonds. The largest absolute Gasteiger partial charge is 0.421 e. The molecular weight excluding hydrogens is 338 g/mol. The van der Waals surface area contributed by atoms with E-state index in [1.165, 1.54) is 77.6 Å². The zero-order valence-electron chi connectivity index (χ0n) is 17.2. The van der Waals surface area contributed by atoms with E-state index in [2.05, 4.69) is 12.2 Å². The third-order valence-electron chi connectivity index (χ3n) is 4.71. The number of Topliss-reactive ketones (excluding diaryl/α,β-unsaturated/α-hetero) is 1. The summed E-state index contributed by atoms with van der Waals surface area (Å²) in [6.07, 6.45) is 16.2. The number of ketones is 1. The molecule has 0 fully saturated rings. The van der Waals surface area contributed by atoms with Crippen LogP contribution >= 0.6 is 0 Å². The van der Waals surface area contributed by atoms with Gasteiger partial charge in [-0.15, -0.1) is 0 Å². The van der Waals surface area contributed by atoms with Crippen molar-refractivity contribution in [3.63, 3.8) is 0 Å². The normalized spacial score (nSPS) is 10.6. The van der Waals surface area contributed by atoms with Gasteiger partial charge in [-0.25, -0.2) is 4.79 Å². The standard InChI is InChI=1S/C23H37NO3/c1-3-4-5-6-7-8-9-10-11-12-13-14-19-24-21-15-17-22(18-16-21)27-23(26)20(2)25/h15-18,24H,3-14,19H2,1-2H3. The molecule has 4 nitrogen and oxygen atoms in total. The number of hydrogen-bond donors (Lipinski definition) is 1. The monoisotopic (exact) mass is 375 g/mol. The molecule has 152 valence electrons. The van der Waals surface area contributed by atoms with Crippen molar-refractivity contribution in [2.24, 2.45) is 0 Å². The minimum absolute atomic E-state index is 0.395. The Kier molecular flexibility index (Phi) is 13.1. The predicted octanol–water partition coefficient (Wildman–Crippen LogP) is 6.29. The molecule has 0 heterocycles. The van der Waals surface area contributed by atoms with Crippen molar-refractivity contribution in [3.05, 3.63) is 24.3 Å². The van der Waals surface area contributed by atoms with E-state index in [0.717, 1.165) is 18.7 Å². The Morgan fingerprint density at radius 3 is 1.74 bits per heavy atom. The van der Waals surface area contributed by atoms with Gasteiger partial charge in [0, 0.05) is 19.2 Å². The number of benzene rings is 1. The van der Waals surface area contributed by atoms with Crippen molar-refractivity contribution >= 4 is 17.4 Å². The number of unbranched alkanes of at least 4 members (excludes halogenated alkanes) is 11. The third-order valence-corrected chi connectivity index (χ3v) is 4.71. The van der Waals surface area contributed by atoms with Crippen LogP contribution in [0, 0.1) is 0 Å². The van der Waals surface area contributed by atoms with Crippen molar-refractivity contribution in [1.29, 1.82) is 0 Å². The number of rotatable bonds is 16. The van der Waals surface area contributed by atoms with Gasteiger partial charge in [-0.05, 0) is 30.7 Å². The second-order valence-electron chi connectivity index (χ2n) is 7.29. The van der Waals surface area contributed by atoms with Gasteiger partial charge in [-0.2, -0.15) is 0 Å². The molecule has 0 aliphatic heterocycles. The smallest absolute Gasteiger partial charge is 0.379 e. The number of hydrogen-bond acceptors (Lipinski definition) is 4. The quantitative estimate of drug-likeness (QED) is 0.159. The highest BCUT2D eigenvalue weighted by atomic mass is 16.5. The fourth-order valence-electron chi connectivity index (χ4n) is 3.02. The molecule has 4 heteroatoms. The van der Waals surface area contributed by atoms with Gasteiger partial charge < -0.3 is 10.1 Å². The molecule has 1 N–H and O–H groups in total. The molecule has 0 radical (unpaired) electrons. The Bertz CT molecular complexity index is 525. The fraction of sp³-hybridized carbons (Fsp3) is 0.652. The Labute approximate surface area is 165 Å². The minimum Gasteiger partial charge on any atom is -0.421 e. The maximum absolute atomic E-state index is 11.2. The van der Waals surface area contributed by atoms with Gasteiger partial charge in [0.05, 0.1) is 0 Å². The van der Waals surface area contributed by atoms with Gasteiger partial charge in [0.1, 0.15) is 5.75 Å². The average Bonchev–Trinajstić information content (AvgIpc) is 2.66. The average molecular weight is 376 g/mol. The molecule has 27 heavy (non-hydrogen) atoms. The first-order valence-electron chi connectivity index (χ1n) is 10.7. The molecule has 1 aromatic carbocycles. The zero-order valence-corrected chi connectivity index (χ0v) is 17.2. The number of carbonyl (C=O) groups is 2. The molecule has 1 rings (SSSR count). The van der Waals surface area contributed by atoms with E-state index >= 15 is 0 Å². The summed E-state index contributed by atoms with van der Waals surface area (Å²) < 4.78 is 4.94. The lowest BCUT2D eigenvalue weighted by atomic mass is 10.1. The molecule has 0 saturated heterocycles. The number of esters is 1. The third kappa shape index (κ3) is 12.2. The minimum atomic E-state index is -0.827. The first-order valence-corrected chi connectivity index (χ1v) is 10.7. The summed E-state index contributed by atoms with van der Waals surface area (Å²) in [5, 5.41) is 3.38. The van der Waals surface area contributed by atoms with Crippen molar-refractivity contribution in [2.45, 2.75) is 90.9 Å². The van der Waals surface area contributed by atoms with Crippen LogP contribution in [0.15, 0.2) is 24.3 Å². The van der Waals surface area contributed by atoms with Crippen LogP contribution in [0.25, 0.3) is 0 Å². The maximum atomic E-state index is 11.2. The summed E-state index contributed by atoms with van der Waals surface area (Å²) in [4.78, 5) is 22.1. The SMILES string of the molecule is CCCCCCCCCCCCCCNc1ccc(OC(=O)C(C)=O)cc1. The first-order chi connectivity index (χ1) is 13.1. The van der Waals surface area contributed by atoms with Gasteiger partial charge in [-0.3, -0.25) is 4.79 Å². The topological polar surface area (TPSA) is 55.4 Å². The van der Waals surface area contributed by atoms with Crippen molar-refractivity contribution in [2.75, 3.05) is 11.9 Å². The Morgan fingerprint density at radius 1 is 0.778 bits per heavy atom. The molecule has 0 aliphatic carbocycles. The second-order valence-corrected chi connectivity index (χ2v) is 7.29. The summed E-state index contributed by atoms with van der Waals surface area (Å²) in [7, 11) is 0. The van der Waals surface area contributed by atoms with E-state index in [1.807, 2.05) is 12.1 Å². The van der Waals surface area contributed by atoms with Crippen LogP contribution in [0.4, 0.5) is 5.69 Å². The van der Waals surface area contributed by atoms with Crippen LogP contribution in [0.3, 0.4) is 0 Å². The molecule has 0 aliphatic rings. The lowest BCUT2D eigenvalue weighted by Gasteiger charge is -2.08. The van der Waals surface area contributed by atoms with E-state index in [1.54, 1.807) is 12.1 Å². The Morgan fingerprint density at radius 2 is 1.26 bits per heavy atom. The lowest BCUT2D eigenvalue weighted by molar-refractivity contribution is -0.146. The highest BCUT2D eigenvalue weighted by molar-refractivity contribution is 6.33. The van der Waals surface area contributed by atoms with E-state index in [9.17, 15) is 9.59 Å². The van der Waals surface area contributed by atoms with Gasteiger partial charge in [0.15, 0.2) is 0 Å². The molecule has 0 spiro atoms. The van der Waals surface area contributed by atoms with Crippen LogP contribution in [0.1, 0.15) is 90.9 Å². The van der Waals surface area contributed by atoms with Crippen LogP contribution in [-0.4, -0.2) is 18.3 Å². The van der Waals surface area contributed by atoms with Crippen molar-refractivity contribution < 1.29 is 14.3 Å². The van der Waals surface area contributed by atoms with Crippen LogP contribution in [0.5, 0.6) is 5.75 Å². The summed E-state index contributed by atoms with van der Waals surface area (Å²) >= 11 is 0. The van der Waals surface area contributed by atoms with E-state index in [4.69, 9.17) is 4.74 Å². The van der Waals surface area contributed by atoms with E-state index in [-0.39, 0.29) is 0 Å². The van der Waals surface area contributed by atoms with Crippen molar-refractivity contribution in [1.82, 2.24) is 0 Å². The van der Waals surface area contributed by atoms with Gasteiger partial charge in [0.2, 0.25) is 5.78 Å². The summed E-state index contributed by atoms with van der Waals surface area (Å²) in [6, 6.07) is 7.13. The molecule has 1 aromatic rings. The Balaban J connectivity index is 1.96. The lowest BCUT2D eigenvalue weighted by Crippen LogP contribution is -2.16. The van der Waals surface area contributed by atoms with Gasteiger partial charge in [0.25, 0.3) is 0 Å². The summed E-state index contributed by atoms with van der Waals surface area (Å²) in [6.45, 7) is 4.42. The maximum Gasteiger partial charge on any atom is 0.379 e. The van der Waals surface area contributed by atoms with Gasteiger partial charge >= 0.3 is 5.97 Å². The fourth-order valence-corrected chi connectivity index (χ4v) is 3.02. The van der Waals surface area contributed by atoms with Gasteiger partial charge in [-0.1, -0.05) is 77.6 Å². The number of ether oxygens (including phenoxy) is 1. The second kappa shape index (κ2) is 15.2. The molecule has 0 bridgehead atoms. The molecule has 0 aromatic heterocycles. The molecule has 0 atom stereocenters. The highest BCUT2D eigenvalue weighted by Gasteiger charge is 2.09. The first kappa shape index (κ1) is 23.2. The van der Waals surface area contributed by atoms with Crippen LogP contribution in [-0.2, 0) is 9.59 Å². The summed E-state index contributed by atoms with van der Waals surface area (Å²) in [5.74, 6) is -1.03. The molecule has 0 unspecified atom stereocenters. The molecule has 0 saturated carbocycles. The number of carbonyl (C=O) groups excluding carboxylic acids is 2. The van der Waals surface area contributed by atoms with E-state index in [0.29, 0.717) is 5.75 Å². The Hall–Kier alpha value is -1.84. The zero-order chi connectivity index (χ0) is 19.7. The van der Waals surface area contributed by atoms with E-state index < -0.39 is 11.8 Å². The predicted molar refractivity (Wildman–Crippen MR) is 112 cm³/mol. The number of anilines is 1. The highest BCUT2D eigenvalue weighted by Crippen LogP contribution is 2.16. The number of nitrogens with one attached hydrogen (secondary N) is 1. The van der Waals surface area contributed by atoms with Crippen molar-refractivity contribution in [3.8, 4) is 5.75 Å².